The Labute approximate surface area is 157 Å². The number of carbonyl (C=O) groups excluding carboxylic acids is 1. The van der Waals surface area contributed by atoms with Crippen LogP contribution >= 0.6 is 0 Å². The van der Waals surface area contributed by atoms with Crippen LogP contribution in [-0.4, -0.2) is 32.5 Å². The Morgan fingerprint density at radius 3 is 2.30 bits per heavy atom. The number of nitro groups is 1. The first-order chi connectivity index (χ1) is 12.8. The fourth-order valence-electron chi connectivity index (χ4n) is 2.48. The van der Waals surface area contributed by atoms with Gasteiger partial charge in [-0.15, -0.1) is 0 Å². The highest BCUT2D eigenvalue weighted by atomic mass is 32.2. The monoisotopic (exact) mass is 392 g/mol. The topological polar surface area (TPSA) is 107 Å². The van der Waals surface area contributed by atoms with E-state index in [0.717, 1.165) is 28.4 Å². The highest BCUT2D eigenvalue weighted by molar-refractivity contribution is 7.93. The molecule has 0 aliphatic rings. The van der Waals surface area contributed by atoms with Crippen molar-refractivity contribution in [3.8, 4) is 0 Å². The summed E-state index contributed by atoms with van der Waals surface area (Å²) in [7, 11) is -4.37. The number of benzene rings is 2. The molecule has 0 bridgehead atoms. The molecular formula is C18H20N2O6S. The number of hydrogen-bond donors (Lipinski definition) is 0. The second-order valence-electron chi connectivity index (χ2n) is 5.56. The summed E-state index contributed by atoms with van der Waals surface area (Å²) in [6.07, 6.45) is 0.759. The molecular weight excluding hydrogens is 372 g/mol. The van der Waals surface area contributed by atoms with E-state index < -0.39 is 38.0 Å². The minimum Gasteiger partial charge on any atom is -0.465 e. The van der Waals surface area contributed by atoms with Gasteiger partial charge in [0.2, 0.25) is 0 Å². The smallest absolute Gasteiger partial charge is 0.326 e. The van der Waals surface area contributed by atoms with Crippen LogP contribution in [0.2, 0.25) is 0 Å². The molecule has 8 nitrogen and oxygen atoms in total. The van der Waals surface area contributed by atoms with Gasteiger partial charge in [-0.1, -0.05) is 31.2 Å². The fourth-order valence-corrected chi connectivity index (χ4v) is 4.05. The van der Waals surface area contributed by atoms with Crippen LogP contribution in [0.1, 0.15) is 19.4 Å². The second kappa shape index (κ2) is 8.63. The number of sulfonamides is 1. The van der Waals surface area contributed by atoms with Gasteiger partial charge in [0.25, 0.3) is 15.7 Å². The molecule has 9 heteroatoms. The molecule has 0 fully saturated rings. The highest BCUT2D eigenvalue weighted by Crippen LogP contribution is 2.30. The molecule has 144 valence electrons. The van der Waals surface area contributed by atoms with Crippen LogP contribution < -0.4 is 4.31 Å². The number of para-hydroxylation sites is 1. The number of anilines is 1. The van der Waals surface area contributed by atoms with Crippen LogP contribution in [0.5, 0.6) is 0 Å². The molecule has 0 N–H and O–H groups in total. The normalized spacial score (nSPS) is 11.0. The molecule has 2 aromatic carbocycles. The van der Waals surface area contributed by atoms with Crippen LogP contribution in [0.15, 0.2) is 53.4 Å². The molecule has 0 spiro atoms. The van der Waals surface area contributed by atoms with E-state index in [2.05, 4.69) is 0 Å². The highest BCUT2D eigenvalue weighted by Gasteiger charge is 2.33. The van der Waals surface area contributed by atoms with Crippen LogP contribution in [0.3, 0.4) is 0 Å². The maximum atomic E-state index is 13.2. The van der Waals surface area contributed by atoms with Crippen LogP contribution in [0.4, 0.5) is 11.4 Å². The van der Waals surface area contributed by atoms with Gasteiger partial charge in [0, 0.05) is 6.07 Å². The summed E-state index contributed by atoms with van der Waals surface area (Å²) in [5.74, 6) is -0.751. The van der Waals surface area contributed by atoms with E-state index in [1.807, 2.05) is 6.92 Å². The average Bonchev–Trinajstić information content (AvgIpc) is 2.66. The Balaban J connectivity index is 2.57. The van der Waals surface area contributed by atoms with E-state index in [9.17, 15) is 23.3 Å². The van der Waals surface area contributed by atoms with E-state index in [0.29, 0.717) is 0 Å². The van der Waals surface area contributed by atoms with Gasteiger partial charge >= 0.3 is 5.97 Å². The number of rotatable bonds is 8. The van der Waals surface area contributed by atoms with Crippen molar-refractivity contribution in [2.24, 2.45) is 0 Å². The van der Waals surface area contributed by atoms with Gasteiger partial charge in [0.05, 0.1) is 17.2 Å². The molecule has 0 amide bonds. The third-order valence-corrected chi connectivity index (χ3v) is 5.66. The van der Waals surface area contributed by atoms with Crippen LogP contribution in [0.25, 0.3) is 0 Å². The molecule has 0 unspecified atom stereocenters. The zero-order valence-corrected chi connectivity index (χ0v) is 15.8. The van der Waals surface area contributed by atoms with E-state index in [1.165, 1.54) is 12.1 Å². The number of ether oxygens (including phenoxy) is 1. The number of hydrogen-bond acceptors (Lipinski definition) is 6. The van der Waals surface area contributed by atoms with Gasteiger partial charge in [-0.25, -0.2) is 8.42 Å². The molecule has 0 saturated heterocycles. The Bertz CT molecular complexity index is 925. The van der Waals surface area contributed by atoms with Crippen molar-refractivity contribution < 1.29 is 22.9 Å². The number of carbonyl (C=O) groups is 1. The van der Waals surface area contributed by atoms with Crippen LogP contribution in [-0.2, 0) is 26.0 Å². The Morgan fingerprint density at radius 1 is 1.11 bits per heavy atom. The standard InChI is InChI=1S/C18H20N2O6S/c1-3-14-9-11-15(12-10-14)19(13-18(21)26-4-2)27(24,25)17-8-6-5-7-16(17)20(22)23/h5-12H,3-4,13H2,1-2H3. The van der Waals surface area contributed by atoms with E-state index >= 15 is 0 Å². The maximum Gasteiger partial charge on any atom is 0.326 e. The quantitative estimate of drug-likeness (QED) is 0.388. The van der Waals surface area contributed by atoms with Gasteiger partial charge in [-0.2, -0.15) is 0 Å². The Morgan fingerprint density at radius 2 is 1.74 bits per heavy atom. The molecule has 2 rings (SSSR count). The lowest BCUT2D eigenvalue weighted by atomic mass is 10.1. The average molecular weight is 392 g/mol. The van der Waals surface area contributed by atoms with Crippen molar-refractivity contribution >= 4 is 27.4 Å². The molecule has 0 aliphatic carbocycles. The predicted octanol–water partition coefficient (Wildman–Crippen LogP) is 2.92. The summed E-state index contributed by atoms with van der Waals surface area (Å²) >= 11 is 0. The summed E-state index contributed by atoms with van der Waals surface area (Å²) in [6.45, 7) is 3.06. The minimum absolute atomic E-state index is 0.0903. The van der Waals surface area contributed by atoms with Crippen LogP contribution in [0, 0.1) is 10.1 Å². The molecule has 0 saturated carbocycles. The zero-order chi connectivity index (χ0) is 20.0. The number of nitrogens with zero attached hydrogens (tertiary/aromatic N) is 2. The molecule has 0 aromatic heterocycles. The van der Waals surface area contributed by atoms with Crippen molar-refractivity contribution in [3.63, 3.8) is 0 Å². The summed E-state index contributed by atoms with van der Waals surface area (Å²) < 4.78 is 32.0. The largest absolute Gasteiger partial charge is 0.465 e. The zero-order valence-electron chi connectivity index (χ0n) is 15.0. The van der Waals surface area contributed by atoms with Gasteiger partial charge < -0.3 is 4.74 Å². The summed E-state index contributed by atoms with van der Waals surface area (Å²) in [6, 6.07) is 11.6. The molecule has 0 radical (unpaired) electrons. The third kappa shape index (κ3) is 4.62. The first-order valence-electron chi connectivity index (χ1n) is 8.32. The Hall–Kier alpha value is -2.94. The van der Waals surface area contributed by atoms with Crippen molar-refractivity contribution in [2.45, 2.75) is 25.2 Å². The first kappa shape index (κ1) is 20.4. The summed E-state index contributed by atoms with van der Waals surface area (Å²) in [4.78, 5) is 22.0. The predicted molar refractivity (Wildman–Crippen MR) is 100 cm³/mol. The first-order valence-corrected chi connectivity index (χ1v) is 9.76. The molecule has 0 aliphatic heterocycles. The fraction of sp³-hybridized carbons (Fsp3) is 0.278. The minimum atomic E-state index is -4.37. The maximum absolute atomic E-state index is 13.2. The van der Waals surface area contributed by atoms with Crippen molar-refractivity contribution in [2.75, 3.05) is 17.5 Å². The van der Waals surface area contributed by atoms with Gasteiger partial charge in [0.1, 0.15) is 6.54 Å². The summed E-state index contributed by atoms with van der Waals surface area (Å²) in [5.41, 5.74) is 0.646. The lowest BCUT2D eigenvalue weighted by molar-refractivity contribution is -0.387. The number of esters is 1. The van der Waals surface area contributed by atoms with E-state index in [4.69, 9.17) is 4.74 Å². The van der Waals surface area contributed by atoms with E-state index in [1.54, 1.807) is 31.2 Å². The summed E-state index contributed by atoms with van der Waals surface area (Å²) in [5, 5.41) is 11.3. The SMILES string of the molecule is CCOC(=O)CN(c1ccc(CC)cc1)S(=O)(=O)c1ccccc1[N+](=O)[O-]. The number of aryl methyl sites for hydroxylation is 1. The molecule has 2 aromatic rings. The van der Waals surface area contributed by atoms with Crippen molar-refractivity contribution in [1.82, 2.24) is 0 Å². The molecule has 27 heavy (non-hydrogen) atoms. The third-order valence-electron chi connectivity index (χ3n) is 3.84. The lowest BCUT2D eigenvalue weighted by Gasteiger charge is -2.23. The Kier molecular flexibility index (Phi) is 6.51. The molecule has 0 heterocycles. The van der Waals surface area contributed by atoms with Crippen molar-refractivity contribution in [1.29, 1.82) is 0 Å². The molecule has 0 atom stereocenters. The van der Waals surface area contributed by atoms with Crippen molar-refractivity contribution in [3.05, 3.63) is 64.2 Å². The van der Waals surface area contributed by atoms with Gasteiger partial charge in [0.15, 0.2) is 4.90 Å². The van der Waals surface area contributed by atoms with E-state index in [-0.39, 0.29) is 12.3 Å². The second-order valence-corrected chi connectivity index (χ2v) is 7.39. The van der Waals surface area contributed by atoms with Gasteiger partial charge in [-0.3, -0.25) is 19.2 Å². The van der Waals surface area contributed by atoms with Gasteiger partial charge in [-0.05, 0) is 37.1 Å². The lowest BCUT2D eigenvalue weighted by Crippen LogP contribution is -2.37. The number of nitro benzene ring substituents is 1.